The lowest BCUT2D eigenvalue weighted by atomic mass is 10.1. The van der Waals surface area contributed by atoms with Gasteiger partial charge in [-0.15, -0.1) is 0 Å². The summed E-state index contributed by atoms with van der Waals surface area (Å²) in [7, 11) is 0. The lowest BCUT2D eigenvalue weighted by molar-refractivity contribution is 0.309. The first-order valence-electron chi connectivity index (χ1n) is 6.34. The molecule has 0 spiro atoms. The Morgan fingerprint density at radius 2 is 2.12 bits per heavy atom. The van der Waals surface area contributed by atoms with E-state index in [-0.39, 0.29) is 0 Å². The normalized spacial score (nSPS) is 12.5. The Kier molecular flexibility index (Phi) is 6.38. The molecule has 0 aliphatic rings. The van der Waals surface area contributed by atoms with Crippen molar-refractivity contribution in [2.75, 3.05) is 13.2 Å². The van der Waals surface area contributed by atoms with E-state index in [1.165, 1.54) is 5.56 Å². The summed E-state index contributed by atoms with van der Waals surface area (Å²) in [6, 6.07) is 6.33. The van der Waals surface area contributed by atoms with Gasteiger partial charge in [0.25, 0.3) is 0 Å². The molecule has 0 saturated carbocycles. The molecular formula is C14H22ClNO. The Hall–Kier alpha value is -0.730. The van der Waals surface area contributed by atoms with Gasteiger partial charge >= 0.3 is 0 Å². The number of halogens is 1. The standard InChI is InChI=1S/C14H22ClNO/c1-4-6-9-17-14-8-7-12(10-13(14)15)11(3)16-5-2/h7-8,10-11,16H,4-6,9H2,1-3H3. The zero-order valence-corrected chi connectivity index (χ0v) is 11.7. The van der Waals surface area contributed by atoms with Crippen molar-refractivity contribution in [2.24, 2.45) is 0 Å². The van der Waals surface area contributed by atoms with Crippen LogP contribution < -0.4 is 10.1 Å². The molecule has 0 fully saturated rings. The van der Waals surface area contributed by atoms with Crippen molar-refractivity contribution in [1.82, 2.24) is 5.32 Å². The summed E-state index contributed by atoms with van der Waals surface area (Å²) in [6.45, 7) is 8.06. The van der Waals surface area contributed by atoms with Gasteiger partial charge in [-0.3, -0.25) is 0 Å². The highest BCUT2D eigenvalue weighted by Gasteiger charge is 2.07. The molecule has 2 nitrogen and oxygen atoms in total. The Morgan fingerprint density at radius 1 is 1.35 bits per heavy atom. The van der Waals surface area contributed by atoms with Crippen molar-refractivity contribution in [3.05, 3.63) is 28.8 Å². The molecule has 1 N–H and O–H groups in total. The summed E-state index contributed by atoms with van der Waals surface area (Å²) in [5, 5.41) is 4.06. The van der Waals surface area contributed by atoms with Gasteiger partial charge in [0, 0.05) is 6.04 Å². The topological polar surface area (TPSA) is 21.3 Å². The van der Waals surface area contributed by atoms with E-state index in [1.54, 1.807) is 0 Å². The van der Waals surface area contributed by atoms with E-state index in [9.17, 15) is 0 Å². The zero-order chi connectivity index (χ0) is 12.7. The van der Waals surface area contributed by atoms with Gasteiger partial charge in [-0.1, -0.05) is 37.9 Å². The molecule has 0 radical (unpaired) electrons. The first-order valence-corrected chi connectivity index (χ1v) is 6.72. The van der Waals surface area contributed by atoms with E-state index in [0.29, 0.717) is 11.1 Å². The number of benzene rings is 1. The number of rotatable bonds is 7. The predicted octanol–water partition coefficient (Wildman–Crippen LogP) is 4.19. The fourth-order valence-corrected chi connectivity index (χ4v) is 1.90. The number of nitrogens with one attached hydrogen (secondary N) is 1. The fourth-order valence-electron chi connectivity index (χ4n) is 1.65. The lowest BCUT2D eigenvalue weighted by Gasteiger charge is -2.14. The molecule has 0 aliphatic carbocycles. The van der Waals surface area contributed by atoms with E-state index in [1.807, 2.05) is 12.1 Å². The first-order chi connectivity index (χ1) is 8.19. The maximum absolute atomic E-state index is 6.20. The van der Waals surface area contributed by atoms with Crippen LogP contribution in [0.5, 0.6) is 5.75 Å². The van der Waals surface area contributed by atoms with Crippen molar-refractivity contribution >= 4 is 11.6 Å². The van der Waals surface area contributed by atoms with Gasteiger partial charge in [0.1, 0.15) is 5.75 Å². The predicted molar refractivity (Wildman–Crippen MR) is 73.9 cm³/mol. The summed E-state index contributed by atoms with van der Waals surface area (Å²) in [5.41, 5.74) is 1.19. The van der Waals surface area contributed by atoms with Crippen molar-refractivity contribution in [2.45, 2.75) is 39.7 Å². The van der Waals surface area contributed by atoms with E-state index >= 15 is 0 Å². The Morgan fingerprint density at radius 3 is 2.71 bits per heavy atom. The molecule has 0 bridgehead atoms. The highest BCUT2D eigenvalue weighted by Crippen LogP contribution is 2.28. The summed E-state index contributed by atoms with van der Waals surface area (Å²) in [5.74, 6) is 0.785. The van der Waals surface area contributed by atoms with Crippen LogP contribution >= 0.6 is 11.6 Å². The number of hydrogen-bond acceptors (Lipinski definition) is 2. The quantitative estimate of drug-likeness (QED) is 0.738. The molecule has 0 saturated heterocycles. The minimum Gasteiger partial charge on any atom is -0.492 e. The van der Waals surface area contributed by atoms with Crippen LogP contribution in [0.1, 0.15) is 45.2 Å². The molecule has 0 aromatic heterocycles. The van der Waals surface area contributed by atoms with E-state index in [2.05, 4.69) is 32.2 Å². The van der Waals surface area contributed by atoms with E-state index in [0.717, 1.165) is 31.7 Å². The second kappa shape index (κ2) is 7.57. The van der Waals surface area contributed by atoms with Gasteiger partial charge < -0.3 is 10.1 Å². The number of hydrogen-bond donors (Lipinski definition) is 1. The molecule has 1 rings (SSSR count). The summed E-state index contributed by atoms with van der Waals surface area (Å²) < 4.78 is 5.62. The van der Waals surface area contributed by atoms with Crippen LogP contribution in [0.25, 0.3) is 0 Å². The Balaban J connectivity index is 2.65. The minimum atomic E-state index is 0.321. The van der Waals surface area contributed by atoms with Crippen molar-refractivity contribution in [3.63, 3.8) is 0 Å². The number of unbranched alkanes of at least 4 members (excludes halogenated alkanes) is 1. The summed E-state index contributed by atoms with van der Waals surface area (Å²) >= 11 is 6.20. The maximum atomic E-state index is 6.20. The van der Waals surface area contributed by atoms with Gasteiger partial charge in [-0.25, -0.2) is 0 Å². The summed E-state index contributed by atoms with van der Waals surface area (Å²) in [6.07, 6.45) is 2.19. The van der Waals surface area contributed by atoms with Gasteiger partial charge in [-0.05, 0) is 37.6 Å². The third-order valence-corrected chi connectivity index (χ3v) is 3.02. The molecule has 1 aromatic rings. The molecule has 1 atom stereocenters. The molecule has 3 heteroatoms. The molecule has 0 heterocycles. The van der Waals surface area contributed by atoms with Crippen molar-refractivity contribution in [3.8, 4) is 5.75 Å². The molecular weight excluding hydrogens is 234 g/mol. The molecule has 17 heavy (non-hydrogen) atoms. The van der Waals surface area contributed by atoms with Crippen molar-refractivity contribution < 1.29 is 4.74 Å². The van der Waals surface area contributed by atoms with Gasteiger partial charge in [-0.2, -0.15) is 0 Å². The smallest absolute Gasteiger partial charge is 0.137 e. The van der Waals surface area contributed by atoms with Crippen LogP contribution in [0, 0.1) is 0 Å². The van der Waals surface area contributed by atoms with E-state index in [4.69, 9.17) is 16.3 Å². The van der Waals surface area contributed by atoms with Gasteiger partial charge in [0.2, 0.25) is 0 Å². The molecule has 0 amide bonds. The molecule has 0 aliphatic heterocycles. The third kappa shape index (κ3) is 4.57. The zero-order valence-electron chi connectivity index (χ0n) is 10.9. The van der Waals surface area contributed by atoms with Crippen LogP contribution in [0.4, 0.5) is 0 Å². The SMILES string of the molecule is CCCCOc1ccc(C(C)NCC)cc1Cl. The molecule has 1 unspecified atom stereocenters. The van der Waals surface area contributed by atoms with Gasteiger partial charge in [0.05, 0.1) is 11.6 Å². The largest absolute Gasteiger partial charge is 0.492 e. The second-order valence-corrected chi connectivity index (χ2v) is 4.58. The van der Waals surface area contributed by atoms with Crippen LogP contribution in [0.2, 0.25) is 5.02 Å². The Labute approximate surface area is 109 Å². The van der Waals surface area contributed by atoms with Gasteiger partial charge in [0.15, 0.2) is 0 Å². The van der Waals surface area contributed by atoms with Crippen LogP contribution in [0.15, 0.2) is 18.2 Å². The highest BCUT2D eigenvalue weighted by atomic mass is 35.5. The maximum Gasteiger partial charge on any atom is 0.137 e. The second-order valence-electron chi connectivity index (χ2n) is 4.17. The minimum absolute atomic E-state index is 0.321. The average molecular weight is 256 g/mol. The highest BCUT2D eigenvalue weighted by molar-refractivity contribution is 6.32. The lowest BCUT2D eigenvalue weighted by Crippen LogP contribution is -2.17. The number of ether oxygens (including phenoxy) is 1. The van der Waals surface area contributed by atoms with Crippen LogP contribution in [0.3, 0.4) is 0 Å². The van der Waals surface area contributed by atoms with Crippen LogP contribution in [-0.2, 0) is 0 Å². The average Bonchev–Trinajstić information content (AvgIpc) is 2.31. The Bertz CT molecular complexity index is 341. The monoisotopic (exact) mass is 255 g/mol. The van der Waals surface area contributed by atoms with E-state index < -0.39 is 0 Å². The van der Waals surface area contributed by atoms with Crippen molar-refractivity contribution in [1.29, 1.82) is 0 Å². The molecule has 1 aromatic carbocycles. The summed E-state index contributed by atoms with van der Waals surface area (Å²) in [4.78, 5) is 0. The van der Waals surface area contributed by atoms with Crippen LogP contribution in [-0.4, -0.2) is 13.2 Å². The molecule has 96 valence electrons. The third-order valence-electron chi connectivity index (χ3n) is 2.72. The fraction of sp³-hybridized carbons (Fsp3) is 0.571. The first kappa shape index (κ1) is 14.3.